The number of methoxy groups -OCH3 is 1. The number of esters is 1. The summed E-state index contributed by atoms with van der Waals surface area (Å²) in [5.74, 6) is -0.309. The topological polar surface area (TPSA) is 84.9 Å². The van der Waals surface area contributed by atoms with Crippen molar-refractivity contribution in [3.63, 3.8) is 0 Å². The predicted octanol–water partition coefficient (Wildman–Crippen LogP) is 3.37. The fraction of sp³-hybridized carbons (Fsp3) is 0.318. The molecule has 29 heavy (non-hydrogen) atoms. The smallest absolute Gasteiger partial charge is 0.321 e. The van der Waals surface area contributed by atoms with Crippen LogP contribution in [0.15, 0.2) is 54.6 Å². The van der Waals surface area contributed by atoms with Gasteiger partial charge in [-0.3, -0.25) is 9.59 Å². The zero-order valence-electron chi connectivity index (χ0n) is 16.3. The zero-order valence-corrected chi connectivity index (χ0v) is 16.3. The maximum atomic E-state index is 12.3. The van der Waals surface area contributed by atoms with Gasteiger partial charge in [-0.05, 0) is 49.2 Å². The summed E-state index contributed by atoms with van der Waals surface area (Å²) in [6, 6.07) is 15.7. The predicted molar refractivity (Wildman–Crippen MR) is 108 cm³/mol. The maximum Gasteiger partial charge on any atom is 0.321 e. The van der Waals surface area contributed by atoms with Gasteiger partial charge in [-0.2, -0.15) is 0 Å². The molecule has 2 amide bonds. The number of para-hydroxylation sites is 1. The first kappa shape index (κ1) is 20.4. The quantitative estimate of drug-likeness (QED) is 0.598. The first-order valence-electron chi connectivity index (χ1n) is 9.51. The number of urea groups is 1. The van der Waals surface area contributed by atoms with Gasteiger partial charge in [0.25, 0.3) is 0 Å². The lowest BCUT2D eigenvalue weighted by Crippen LogP contribution is -2.42. The average Bonchev–Trinajstić information content (AvgIpc) is 2.78. The Morgan fingerprint density at radius 1 is 1.00 bits per heavy atom. The zero-order chi connectivity index (χ0) is 20.6. The molecule has 2 aromatic rings. The molecule has 0 aromatic heterocycles. The van der Waals surface area contributed by atoms with Gasteiger partial charge in [0.2, 0.25) is 0 Å². The van der Waals surface area contributed by atoms with E-state index in [1.165, 1.54) is 0 Å². The highest BCUT2D eigenvalue weighted by molar-refractivity contribution is 5.98. The van der Waals surface area contributed by atoms with Crippen LogP contribution in [0.5, 0.6) is 5.75 Å². The number of hydrogen-bond donors (Lipinski definition) is 1. The molecule has 1 aliphatic rings. The Morgan fingerprint density at radius 2 is 1.66 bits per heavy atom. The third-order valence-electron chi connectivity index (χ3n) is 4.90. The summed E-state index contributed by atoms with van der Waals surface area (Å²) in [5.41, 5.74) is 1.20. The van der Waals surface area contributed by atoms with Gasteiger partial charge in [0.05, 0.1) is 13.0 Å². The van der Waals surface area contributed by atoms with Gasteiger partial charge in [-0.1, -0.05) is 18.2 Å². The summed E-state index contributed by atoms with van der Waals surface area (Å²) in [7, 11) is 1.55. The molecule has 0 bridgehead atoms. The number of ether oxygens (including phenoxy) is 2. The molecule has 0 radical (unpaired) electrons. The molecular weight excluding hydrogens is 372 g/mol. The van der Waals surface area contributed by atoms with Gasteiger partial charge >= 0.3 is 12.0 Å². The van der Waals surface area contributed by atoms with Crippen LogP contribution in [0.25, 0.3) is 0 Å². The van der Waals surface area contributed by atoms with Gasteiger partial charge in [-0.25, -0.2) is 4.79 Å². The van der Waals surface area contributed by atoms with Crippen molar-refractivity contribution in [2.24, 2.45) is 5.92 Å². The molecule has 3 rings (SSSR count). The molecule has 1 N–H and O–H groups in total. The van der Waals surface area contributed by atoms with Crippen LogP contribution in [0.4, 0.5) is 10.5 Å². The Labute approximate surface area is 169 Å². The van der Waals surface area contributed by atoms with E-state index in [4.69, 9.17) is 9.47 Å². The highest BCUT2D eigenvalue weighted by Gasteiger charge is 2.28. The van der Waals surface area contributed by atoms with Gasteiger partial charge in [0.15, 0.2) is 12.4 Å². The lowest BCUT2D eigenvalue weighted by Gasteiger charge is -2.30. The monoisotopic (exact) mass is 396 g/mol. The molecule has 7 heteroatoms. The van der Waals surface area contributed by atoms with Gasteiger partial charge in [0.1, 0.15) is 5.75 Å². The third kappa shape index (κ3) is 5.57. The molecule has 1 aliphatic heterocycles. The van der Waals surface area contributed by atoms with E-state index < -0.39 is 5.97 Å². The Bertz CT molecular complexity index is 843. The van der Waals surface area contributed by atoms with Crippen molar-refractivity contribution in [3.05, 3.63) is 60.2 Å². The molecule has 1 saturated heterocycles. The molecule has 152 valence electrons. The molecule has 0 unspecified atom stereocenters. The van der Waals surface area contributed by atoms with Gasteiger partial charge < -0.3 is 19.7 Å². The number of hydrogen-bond acceptors (Lipinski definition) is 5. The summed E-state index contributed by atoms with van der Waals surface area (Å²) in [5, 5.41) is 2.84. The number of benzene rings is 2. The molecule has 0 atom stereocenters. The second-order valence-corrected chi connectivity index (χ2v) is 6.82. The van der Waals surface area contributed by atoms with Crippen LogP contribution in [-0.4, -0.2) is 49.5 Å². The van der Waals surface area contributed by atoms with E-state index in [0.29, 0.717) is 37.2 Å². The van der Waals surface area contributed by atoms with E-state index in [1.807, 2.05) is 30.3 Å². The SMILES string of the molecule is COc1ccc(C(=O)COC(=O)C2CCN(C(=O)Nc3ccccc3)CC2)cc1. The van der Waals surface area contributed by atoms with E-state index in [2.05, 4.69) is 5.32 Å². The lowest BCUT2D eigenvalue weighted by atomic mass is 9.97. The molecule has 1 heterocycles. The first-order chi connectivity index (χ1) is 14.1. The second kappa shape index (κ2) is 9.73. The Hall–Kier alpha value is -3.35. The van der Waals surface area contributed by atoms with Crippen molar-refractivity contribution >= 4 is 23.5 Å². The Balaban J connectivity index is 1.42. The number of amides is 2. The number of piperidine rings is 1. The standard InChI is InChI=1S/C22H24N2O5/c1-28-19-9-7-16(8-10-19)20(25)15-29-21(26)17-11-13-24(14-12-17)22(27)23-18-5-3-2-4-6-18/h2-10,17H,11-15H2,1H3,(H,23,27). The van der Waals surface area contributed by atoms with Gasteiger partial charge in [-0.15, -0.1) is 0 Å². The summed E-state index contributed by atoms with van der Waals surface area (Å²) in [4.78, 5) is 38.4. The summed E-state index contributed by atoms with van der Waals surface area (Å²) >= 11 is 0. The van der Waals surface area contributed by atoms with Gasteiger partial charge in [0, 0.05) is 24.3 Å². The third-order valence-corrected chi connectivity index (χ3v) is 4.90. The number of rotatable bonds is 6. The van der Waals surface area contributed by atoms with E-state index in [0.717, 1.165) is 5.69 Å². The van der Waals surface area contributed by atoms with Crippen LogP contribution in [-0.2, 0) is 9.53 Å². The Morgan fingerprint density at radius 3 is 2.28 bits per heavy atom. The molecule has 1 fully saturated rings. The number of ketones is 1. The number of nitrogens with one attached hydrogen (secondary N) is 1. The van der Waals surface area contributed by atoms with Crippen LogP contribution >= 0.6 is 0 Å². The van der Waals surface area contributed by atoms with E-state index in [-0.39, 0.29) is 24.3 Å². The molecule has 0 spiro atoms. The number of carbonyl (C=O) groups excluding carboxylic acids is 3. The van der Waals surface area contributed by atoms with E-state index in [9.17, 15) is 14.4 Å². The molecule has 0 aliphatic carbocycles. The number of nitrogens with zero attached hydrogens (tertiary/aromatic N) is 1. The highest BCUT2D eigenvalue weighted by Crippen LogP contribution is 2.20. The summed E-state index contributed by atoms with van der Waals surface area (Å²) < 4.78 is 10.3. The number of likely N-dealkylation sites (tertiary alicyclic amines) is 1. The fourth-order valence-electron chi connectivity index (χ4n) is 3.16. The van der Waals surface area contributed by atoms with Crippen LogP contribution in [0.2, 0.25) is 0 Å². The summed E-state index contributed by atoms with van der Waals surface area (Å²) in [6.07, 6.45) is 1.02. The average molecular weight is 396 g/mol. The normalized spacial score (nSPS) is 14.2. The van der Waals surface area contributed by atoms with E-state index >= 15 is 0 Å². The maximum absolute atomic E-state index is 12.3. The largest absolute Gasteiger partial charge is 0.497 e. The van der Waals surface area contributed by atoms with Crippen molar-refractivity contribution in [2.45, 2.75) is 12.8 Å². The number of anilines is 1. The van der Waals surface area contributed by atoms with Crippen LogP contribution < -0.4 is 10.1 Å². The summed E-state index contributed by atoms with van der Waals surface area (Å²) in [6.45, 7) is 0.635. The minimum absolute atomic E-state index is 0.183. The van der Waals surface area contributed by atoms with E-state index in [1.54, 1.807) is 36.3 Å². The number of Topliss-reactive ketones (excluding diaryl/α,β-unsaturated/α-hetero) is 1. The van der Waals surface area contributed by atoms with Crippen molar-refractivity contribution in [3.8, 4) is 5.75 Å². The molecule has 2 aromatic carbocycles. The van der Waals surface area contributed by atoms with Crippen LogP contribution in [0, 0.1) is 5.92 Å². The Kier molecular flexibility index (Phi) is 6.84. The molecule has 7 nitrogen and oxygen atoms in total. The first-order valence-corrected chi connectivity index (χ1v) is 9.51. The van der Waals surface area contributed by atoms with Crippen molar-refractivity contribution in [2.75, 3.05) is 32.1 Å². The van der Waals surface area contributed by atoms with Crippen molar-refractivity contribution in [1.82, 2.24) is 4.90 Å². The van der Waals surface area contributed by atoms with Crippen LogP contribution in [0.3, 0.4) is 0 Å². The van der Waals surface area contributed by atoms with Crippen LogP contribution in [0.1, 0.15) is 23.2 Å². The highest BCUT2D eigenvalue weighted by atomic mass is 16.5. The van der Waals surface area contributed by atoms with Crippen molar-refractivity contribution in [1.29, 1.82) is 0 Å². The second-order valence-electron chi connectivity index (χ2n) is 6.82. The minimum atomic E-state index is -0.394. The lowest BCUT2D eigenvalue weighted by molar-refractivity contribution is -0.148. The minimum Gasteiger partial charge on any atom is -0.497 e. The number of carbonyl (C=O) groups is 3. The molecule has 0 saturated carbocycles. The van der Waals surface area contributed by atoms with Crippen molar-refractivity contribution < 1.29 is 23.9 Å². The fourth-order valence-corrected chi connectivity index (χ4v) is 3.16. The molecular formula is C22H24N2O5.